The predicted octanol–water partition coefficient (Wildman–Crippen LogP) is 1.06. The average molecular weight is 480 g/mol. The Labute approximate surface area is 191 Å². The van der Waals surface area contributed by atoms with Gasteiger partial charge in [0.05, 0.1) is 4.24 Å². The van der Waals surface area contributed by atoms with Crippen molar-refractivity contribution in [1.82, 2.24) is 20.1 Å². The number of nitrogens with two attached hydrogens (primary N) is 1. The minimum absolute atomic E-state index is 0.0176. The normalized spacial score (nSPS) is 23.8. The molecular formula is C19H21N5O4S3. The maximum atomic E-state index is 12.8. The summed E-state index contributed by atoms with van der Waals surface area (Å²) >= 11 is 4.42. The van der Waals surface area contributed by atoms with Gasteiger partial charge in [0.2, 0.25) is 5.91 Å². The minimum atomic E-state index is -1.14. The molecular weight excluding hydrogens is 458 g/mol. The Morgan fingerprint density at radius 1 is 1.39 bits per heavy atom. The second-order valence-electron chi connectivity index (χ2n) is 7.08. The van der Waals surface area contributed by atoms with E-state index in [0.29, 0.717) is 22.6 Å². The summed E-state index contributed by atoms with van der Waals surface area (Å²) in [5, 5.41) is 13.8. The van der Waals surface area contributed by atoms with Crippen molar-refractivity contribution in [2.75, 3.05) is 18.6 Å². The molecule has 1 saturated heterocycles. The summed E-state index contributed by atoms with van der Waals surface area (Å²) in [6.07, 6.45) is 1.92. The van der Waals surface area contributed by atoms with Gasteiger partial charge in [0.15, 0.2) is 0 Å². The van der Waals surface area contributed by atoms with Crippen LogP contribution in [0.15, 0.2) is 52.0 Å². The molecule has 164 valence electrons. The number of carboxylic acid groups (broad SMARTS) is 1. The molecule has 3 heterocycles. The Kier molecular flexibility index (Phi) is 6.53. The number of hydrazine groups is 1. The molecule has 5 N–H and O–H groups in total. The van der Waals surface area contributed by atoms with Crippen LogP contribution in [0.25, 0.3) is 0 Å². The first-order valence-electron chi connectivity index (χ1n) is 9.37. The van der Waals surface area contributed by atoms with Crippen LogP contribution in [0.2, 0.25) is 0 Å². The largest absolute Gasteiger partial charge is 0.477 e. The van der Waals surface area contributed by atoms with Crippen molar-refractivity contribution >= 4 is 53.3 Å². The van der Waals surface area contributed by atoms with Crippen LogP contribution in [0.5, 0.6) is 0 Å². The maximum absolute atomic E-state index is 12.8. The van der Waals surface area contributed by atoms with E-state index in [1.165, 1.54) is 40.4 Å². The second kappa shape index (κ2) is 9.17. The van der Waals surface area contributed by atoms with E-state index in [1.807, 2.05) is 24.3 Å². The molecule has 1 aromatic carbocycles. The number of benzene rings is 1. The van der Waals surface area contributed by atoms with Crippen molar-refractivity contribution in [3.8, 4) is 0 Å². The van der Waals surface area contributed by atoms with Crippen LogP contribution in [-0.2, 0) is 14.4 Å². The van der Waals surface area contributed by atoms with Crippen molar-refractivity contribution in [2.24, 2.45) is 5.73 Å². The molecule has 0 aliphatic carbocycles. The first-order chi connectivity index (χ1) is 14.9. The number of carbonyl (C=O) groups is 3. The Morgan fingerprint density at radius 3 is 2.77 bits per heavy atom. The molecule has 31 heavy (non-hydrogen) atoms. The fraction of sp³-hybridized carbons (Fsp3) is 0.316. The van der Waals surface area contributed by atoms with Crippen molar-refractivity contribution in [3.63, 3.8) is 0 Å². The number of aliphatic carboxylic acids is 1. The standard InChI is InChI=1S/C19H21N5O4S3/c1-23-7-12(31-22-23)29-8-11-9-30-18-14(17(26)24(18)15(11)19(27)28)21-16(25)13(20)10-5-3-2-4-6-10/h2-7,13-14,18,22H,8-9,20H2,1H3,(H,21,25)(H,27,28)/t13-,14?,18-/m1/s1. The van der Waals surface area contributed by atoms with Crippen LogP contribution >= 0.6 is 35.5 Å². The number of nitrogens with one attached hydrogen (secondary N) is 2. The molecule has 0 spiro atoms. The predicted molar refractivity (Wildman–Crippen MR) is 122 cm³/mol. The number of hydrogen-bond donors (Lipinski definition) is 4. The SMILES string of the molecule is CN1C=C(SCC2=C(C(=O)O)N3C(=O)C(NC(=O)[C@H](N)c4ccccc4)[C@H]3SC2)SN1. The molecule has 0 radical (unpaired) electrons. The van der Waals surface area contributed by atoms with Crippen LogP contribution in [0, 0.1) is 0 Å². The van der Waals surface area contributed by atoms with Gasteiger partial charge < -0.3 is 21.2 Å². The lowest BCUT2D eigenvalue weighted by Gasteiger charge is -2.49. The summed E-state index contributed by atoms with van der Waals surface area (Å²) in [7, 11) is 1.88. The molecule has 1 aromatic rings. The summed E-state index contributed by atoms with van der Waals surface area (Å²) in [4.78, 5) is 41.6. The van der Waals surface area contributed by atoms with Gasteiger partial charge in [0.1, 0.15) is 23.2 Å². The molecule has 0 aromatic heterocycles. The summed E-state index contributed by atoms with van der Waals surface area (Å²) in [6.45, 7) is 0. The number of β-lactam (4-membered cyclic amide) rings is 1. The minimum Gasteiger partial charge on any atom is -0.477 e. The highest BCUT2D eigenvalue weighted by Gasteiger charge is 2.54. The second-order valence-corrected chi connectivity index (χ2v) is 10.3. The lowest BCUT2D eigenvalue weighted by atomic mass is 10.0. The van der Waals surface area contributed by atoms with Gasteiger partial charge in [-0.1, -0.05) is 30.3 Å². The fourth-order valence-corrected chi connectivity index (χ4v) is 6.69. The highest BCUT2D eigenvalue weighted by Crippen LogP contribution is 2.42. The van der Waals surface area contributed by atoms with Gasteiger partial charge in [-0.15, -0.1) is 23.5 Å². The third kappa shape index (κ3) is 4.44. The summed E-state index contributed by atoms with van der Waals surface area (Å²) in [6, 6.07) is 7.20. The topological polar surface area (TPSA) is 128 Å². The molecule has 0 bridgehead atoms. The molecule has 3 aliphatic heterocycles. The van der Waals surface area contributed by atoms with Gasteiger partial charge in [-0.25, -0.2) is 4.79 Å². The van der Waals surface area contributed by atoms with E-state index in [9.17, 15) is 19.5 Å². The highest BCUT2D eigenvalue weighted by atomic mass is 32.2. The molecule has 0 saturated carbocycles. The number of carboxylic acids is 1. The Hall–Kier alpha value is -2.12. The van der Waals surface area contributed by atoms with Crippen molar-refractivity contribution < 1.29 is 19.5 Å². The summed E-state index contributed by atoms with van der Waals surface area (Å²) < 4.78 is 1.02. The summed E-state index contributed by atoms with van der Waals surface area (Å²) in [5.41, 5.74) is 7.37. The number of carbonyl (C=O) groups excluding carboxylic acids is 2. The van der Waals surface area contributed by atoms with E-state index < -0.39 is 35.2 Å². The lowest BCUT2D eigenvalue weighted by Crippen LogP contribution is -2.71. The molecule has 1 fully saturated rings. The fourth-order valence-electron chi connectivity index (χ4n) is 3.40. The van der Waals surface area contributed by atoms with Gasteiger partial charge >= 0.3 is 5.97 Å². The molecule has 12 heteroatoms. The molecule has 3 aliphatic rings. The van der Waals surface area contributed by atoms with Gasteiger partial charge in [-0.2, -0.15) is 4.83 Å². The van der Waals surface area contributed by atoms with E-state index in [2.05, 4.69) is 10.1 Å². The Balaban J connectivity index is 1.44. The van der Waals surface area contributed by atoms with E-state index in [-0.39, 0.29) is 5.70 Å². The van der Waals surface area contributed by atoms with Gasteiger partial charge in [-0.05, 0) is 23.1 Å². The van der Waals surface area contributed by atoms with E-state index in [4.69, 9.17) is 5.73 Å². The van der Waals surface area contributed by atoms with Crippen LogP contribution < -0.4 is 15.9 Å². The van der Waals surface area contributed by atoms with Crippen LogP contribution in [0.1, 0.15) is 11.6 Å². The van der Waals surface area contributed by atoms with Crippen molar-refractivity contribution in [3.05, 3.63) is 57.6 Å². The zero-order chi connectivity index (χ0) is 22.1. The molecule has 2 amide bonds. The number of nitrogens with zero attached hydrogens (tertiary/aromatic N) is 2. The van der Waals surface area contributed by atoms with E-state index in [1.54, 1.807) is 24.3 Å². The first kappa shape index (κ1) is 22.1. The molecule has 3 atom stereocenters. The Bertz CT molecular complexity index is 971. The van der Waals surface area contributed by atoms with Gasteiger partial charge in [-0.3, -0.25) is 14.5 Å². The third-order valence-electron chi connectivity index (χ3n) is 4.97. The maximum Gasteiger partial charge on any atom is 0.352 e. The van der Waals surface area contributed by atoms with E-state index in [0.717, 1.165) is 4.24 Å². The third-order valence-corrected chi connectivity index (χ3v) is 8.48. The van der Waals surface area contributed by atoms with Crippen molar-refractivity contribution in [2.45, 2.75) is 17.5 Å². The van der Waals surface area contributed by atoms with Crippen LogP contribution in [-0.4, -0.2) is 62.8 Å². The number of amides is 2. The first-order valence-corrected chi connectivity index (χ1v) is 12.2. The molecule has 1 unspecified atom stereocenters. The van der Waals surface area contributed by atoms with Crippen LogP contribution in [0.4, 0.5) is 0 Å². The number of rotatable bonds is 7. The average Bonchev–Trinajstić information content (AvgIpc) is 3.20. The zero-order valence-corrected chi connectivity index (χ0v) is 18.9. The Morgan fingerprint density at radius 2 is 2.13 bits per heavy atom. The highest BCUT2D eigenvalue weighted by molar-refractivity contribution is 8.21. The smallest absolute Gasteiger partial charge is 0.352 e. The molecule has 4 rings (SSSR count). The monoisotopic (exact) mass is 479 g/mol. The zero-order valence-electron chi connectivity index (χ0n) is 16.5. The lowest BCUT2D eigenvalue weighted by molar-refractivity contribution is -0.150. The van der Waals surface area contributed by atoms with Crippen LogP contribution in [0.3, 0.4) is 0 Å². The summed E-state index contributed by atoms with van der Waals surface area (Å²) in [5.74, 6) is -1.09. The van der Waals surface area contributed by atoms with Gasteiger partial charge in [0.25, 0.3) is 5.91 Å². The van der Waals surface area contributed by atoms with E-state index >= 15 is 0 Å². The number of hydrogen-bond acceptors (Lipinski definition) is 9. The van der Waals surface area contributed by atoms with Gasteiger partial charge in [0, 0.05) is 24.8 Å². The number of fused-ring (bicyclic) bond motifs is 1. The number of thioether (sulfide) groups is 2. The van der Waals surface area contributed by atoms with Crippen molar-refractivity contribution in [1.29, 1.82) is 0 Å². The molecule has 9 nitrogen and oxygen atoms in total. The quantitative estimate of drug-likeness (QED) is 0.333.